The molecule has 0 spiro atoms. The normalized spacial score (nSPS) is 14.9. The second-order valence-electron chi connectivity index (χ2n) is 1.90. The van der Waals surface area contributed by atoms with Gasteiger partial charge in [0.1, 0.15) is 6.10 Å². The molecule has 11 heavy (non-hydrogen) atoms. The first-order valence-corrected chi connectivity index (χ1v) is 5.45. The molecule has 0 bridgehead atoms. The highest BCUT2D eigenvalue weighted by atomic mass is 32.5. The van der Waals surface area contributed by atoms with Crippen LogP contribution >= 0.6 is 6.72 Å². The van der Waals surface area contributed by atoms with Crippen molar-refractivity contribution in [1.29, 1.82) is 0 Å². The molecule has 1 atom stereocenters. The molecule has 0 aromatic carbocycles. The predicted octanol–water partition coefficient (Wildman–Crippen LogP) is -0.781. The van der Waals surface area contributed by atoms with Crippen LogP contribution in [-0.4, -0.2) is 41.3 Å². The molecule has 0 amide bonds. The highest BCUT2D eigenvalue weighted by Gasteiger charge is 2.11. The molecule has 0 aliphatic heterocycles. The fourth-order valence-electron chi connectivity index (χ4n) is 0.424. The maximum Gasteiger partial charge on any atom is 0.321 e. The summed E-state index contributed by atoms with van der Waals surface area (Å²) in [5.41, 5.74) is 0. The van der Waals surface area contributed by atoms with E-state index in [1.165, 1.54) is 7.11 Å². The standard InChI is InChI=1S/C4H11O5PS/c1-8-2-4(5)3-9-10(6,7)11/h4-5H,2-3H2,1H3,(H2,6,7,11). The Morgan fingerprint density at radius 3 is 2.36 bits per heavy atom. The van der Waals surface area contributed by atoms with Crippen molar-refractivity contribution < 1.29 is 24.2 Å². The van der Waals surface area contributed by atoms with Gasteiger partial charge in [-0.3, -0.25) is 0 Å². The van der Waals surface area contributed by atoms with Crippen LogP contribution in [0.2, 0.25) is 0 Å². The molecule has 7 heteroatoms. The van der Waals surface area contributed by atoms with Gasteiger partial charge in [0.15, 0.2) is 0 Å². The summed E-state index contributed by atoms with van der Waals surface area (Å²) in [5, 5.41) is 8.91. The van der Waals surface area contributed by atoms with Crippen molar-refractivity contribution in [2.75, 3.05) is 20.3 Å². The Hall–Kier alpha value is 0.450. The smallest absolute Gasteiger partial charge is 0.321 e. The lowest BCUT2D eigenvalue weighted by atomic mass is 10.4. The first-order chi connectivity index (χ1) is 4.95. The lowest BCUT2D eigenvalue weighted by molar-refractivity contribution is 0.0289. The zero-order chi connectivity index (χ0) is 8.91. The van der Waals surface area contributed by atoms with Gasteiger partial charge in [0.25, 0.3) is 0 Å². The SMILES string of the molecule is COCC(O)COP(O)(O)=S. The Morgan fingerprint density at radius 1 is 1.45 bits per heavy atom. The summed E-state index contributed by atoms with van der Waals surface area (Å²) in [5.74, 6) is 0. The maximum absolute atomic E-state index is 8.91. The van der Waals surface area contributed by atoms with Crippen LogP contribution in [0.4, 0.5) is 0 Å². The van der Waals surface area contributed by atoms with Crippen molar-refractivity contribution in [3.05, 3.63) is 0 Å². The van der Waals surface area contributed by atoms with Gasteiger partial charge in [-0.25, -0.2) is 0 Å². The summed E-state index contributed by atoms with van der Waals surface area (Å²) in [6.07, 6.45) is -0.873. The van der Waals surface area contributed by atoms with E-state index in [2.05, 4.69) is 21.1 Å². The summed E-state index contributed by atoms with van der Waals surface area (Å²) in [6, 6.07) is 0. The topological polar surface area (TPSA) is 79.2 Å². The molecule has 0 heterocycles. The molecule has 0 aromatic rings. The molecule has 0 aliphatic carbocycles. The molecule has 0 saturated heterocycles. The minimum Gasteiger partial charge on any atom is -0.388 e. The molecule has 0 aromatic heterocycles. The molecule has 5 nitrogen and oxygen atoms in total. The summed E-state index contributed by atoms with van der Waals surface area (Å²) in [6.45, 7) is -3.77. The Labute approximate surface area is 69.8 Å². The van der Waals surface area contributed by atoms with Crippen molar-refractivity contribution in [3.63, 3.8) is 0 Å². The average Bonchev–Trinajstić information content (AvgIpc) is 1.83. The third-order valence-corrected chi connectivity index (χ3v) is 1.60. The summed E-state index contributed by atoms with van der Waals surface area (Å²) in [7, 11) is 1.41. The van der Waals surface area contributed by atoms with Gasteiger partial charge in [0.05, 0.1) is 13.2 Å². The summed E-state index contributed by atoms with van der Waals surface area (Å²) < 4.78 is 8.90. The zero-order valence-electron chi connectivity index (χ0n) is 6.01. The number of aliphatic hydroxyl groups is 1. The summed E-state index contributed by atoms with van der Waals surface area (Å²) in [4.78, 5) is 17.1. The number of hydrogen-bond acceptors (Lipinski definition) is 4. The fraction of sp³-hybridized carbons (Fsp3) is 1.00. The van der Waals surface area contributed by atoms with Gasteiger partial charge in [-0.15, -0.1) is 0 Å². The van der Waals surface area contributed by atoms with Gasteiger partial charge < -0.3 is 24.2 Å². The minimum absolute atomic E-state index is 0.0787. The number of aliphatic hydroxyl groups excluding tert-OH is 1. The monoisotopic (exact) mass is 202 g/mol. The molecular formula is C4H11O5PS. The van der Waals surface area contributed by atoms with Crippen LogP contribution in [-0.2, 0) is 21.1 Å². The number of hydrogen-bond donors (Lipinski definition) is 3. The molecule has 0 rings (SSSR count). The second kappa shape index (κ2) is 5.16. The molecule has 3 N–H and O–H groups in total. The molecule has 1 unspecified atom stereocenters. The van der Waals surface area contributed by atoms with E-state index in [0.29, 0.717) is 0 Å². The fourth-order valence-corrected chi connectivity index (χ4v) is 0.972. The van der Waals surface area contributed by atoms with Crippen LogP contribution in [0, 0.1) is 0 Å². The van der Waals surface area contributed by atoms with Crippen LogP contribution in [0.15, 0.2) is 0 Å². The third-order valence-electron chi connectivity index (χ3n) is 0.794. The van der Waals surface area contributed by atoms with E-state index < -0.39 is 12.8 Å². The number of rotatable bonds is 5. The minimum atomic E-state index is -3.63. The van der Waals surface area contributed by atoms with Gasteiger partial charge in [-0.05, 0) is 11.8 Å². The molecule has 0 aliphatic rings. The van der Waals surface area contributed by atoms with Crippen molar-refractivity contribution in [1.82, 2.24) is 0 Å². The Kier molecular flexibility index (Phi) is 5.37. The molecule has 0 radical (unpaired) electrons. The summed E-state index contributed by atoms with van der Waals surface area (Å²) >= 11 is 4.14. The maximum atomic E-state index is 8.91. The van der Waals surface area contributed by atoms with Crippen molar-refractivity contribution in [2.24, 2.45) is 0 Å². The first kappa shape index (κ1) is 11.4. The molecule has 68 valence electrons. The number of ether oxygens (including phenoxy) is 1. The quantitative estimate of drug-likeness (QED) is 0.507. The highest BCUT2D eigenvalue weighted by molar-refractivity contribution is 8.06. The predicted molar refractivity (Wildman–Crippen MR) is 42.6 cm³/mol. The third kappa shape index (κ3) is 8.36. The van der Waals surface area contributed by atoms with Crippen LogP contribution in [0.5, 0.6) is 0 Å². The van der Waals surface area contributed by atoms with Gasteiger partial charge in [0.2, 0.25) is 0 Å². The average molecular weight is 202 g/mol. The van der Waals surface area contributed by atoms with E-state index in [-0.39, 0.29) is 13.2 Å². The van der Waals surface area contributed by atoms with Gasteiger partial charge in [-0.1, -0.05) is 0 Å². The van der Waals surface area contributed by atoms with E-state index in [1.54, 1.807) is 0 Å². The van der Waals surface area contributed by atoms with Crippen LogP contribution in [0.3, 0.4) is 0 Å². The van der Waals surface area contributed by atoms with Gasteiger partial charge in [-0.2, -0.15) is 0 Å². The Morgan fingerprint density at radius 2 is 2.00 bits per heavy atom. The van der Waals surface area contributed by atoms with Crippen molar-refractivity contribution in [2.45, 2.75) is 6.10 Å². The van der Waals surface area contributed by atoms with Gasteiger partial charge in [0, 0.05) is 7.11 Å². The lowest BCUT2D eigenvalue weighted by Crippen LogP contribution is -2.19. The first-order valence-electron chi connectivity index (χ1n) is 2.83. The van der Waals surface area contributed by atoms with E-state index in [4.69, 9.17) is 14.9 Å². The Balaban J connectivity index is 3.46. The largest absolute Gasteiger partial charge is 0.388 e. The van der Waals surface area contributed by atoms with Crippen LogP contribution < -0.4 is 0 Å². The zero-order valence-corrected chi connectivity index (χ0v) is 7.72. The Bertz CT molecular complexity index is 145. The molecular weight excluding hydrogens is 191 g/mol. The van der Waals surface area contributed by atoms with Crippen molar-refractivity contribution >= 4 is 18.5 Å². The molecule has 0 fully saturated rings. The molecule has 0 saturated carbocycles. The van der Waals surface area contributed by atoms with Crippen molar-refractivity contribution in [3.8, 4) is 0 Å². The van der Waals surface area contributed by atoms with E-state index in [1.807, 2.05) is 0 Å². The van der Waals surface area contributed by atoms with Crippen LogP contribution in [0.25, 0.3) is 0 Å². The van der Waals surface area contributed by atoms with Gasteiger partial charge >= 0.3 is 6.72 Å². The van der Waals surface area contributed by atoms with E-state index in [0.717, 1.165) is 0 Å². The van der Waals surface area contributed by atoms with E-state index >= 15 is 0 Å². The van der Waals surface area contributed by atoms with Crippen LogP contribution in [0.1, 0.15) is 0 Å². The number of methoxy groups -OCH3 is 1. The van der Waals surface area contributed by atoms with E-state index in [9.17, 15) is 0 Å². The highest BCUT2D eigenvalue weighted by Crippen LogP contribution is 2.36. The second-order valence-corrected chi connectivity index (χ2v) is 4.56. The lowest BCUT2D eigenvalue weighted by Gasteiger charge is -2.12.